The molecule has 1 aromatic carbocycles. The van der Waals surface area contributed by atoms with Crippen molar-refractivity contribution in [3.05, 3.63) is 35.9 Å². The molecule has 1 saturated heterocycles. The Morgan fingerprint density at radius 3 is 2.65 bits per heavy atom. The SMILES string of the molecule is CCC(C(=O)N1CCOC1=O)c1ccccc1. The fourth-order valence-electron chi connectivity index (χ4n) is 2.02. The summed E-state index contributed by atoms with van der Waals surface area (Å²) in [6, 6.07) is 9.52. The largest absolute Gasteiger partial charge is 0.447 e. The fourth-order valence-corrected chi connectivity index (χ4v) is 2.02. The van der Waals surface area contributed by atoms with Crippen molar-refractivity contribution in [2.45, 2.75) is 19.3 Å². The predicted molar refractivity (Wildman–Crippen MR) is 62.5 cm³/mol. The van der Waals surface area contributed by atoms with E-state index in [0.29, 0.717) is 19.6 Å². The second-order valence-electron chi connectivity index (χ2n) is 3.98. The van der Waals surface area contributed by atoms with Crippen molar-refractivity contribution in [3.8, 4) is 0 Å². The van der Waals surface area contributed by atoms with Gasteiger partial charge in [0.1, 0.15) is 6.61 Å². The molecule has 17 heavy (non-hydrogen) atoms. The molecule has 2 rings (SSSR count). The number of amides is 2. The summed E-state index contributed by atoms with van der Waals surface area (Å²) in [6.45, 7) is 2.60. The number of hydrogen-bond acceptors (Lipinski definition) is 3. The van der Waals surface area contributed by atoms with E-state index in [9.17, 15) is 9.59 Å². The summed E-state index contributed by atoms with van der Waals surface area (Å²) in [5.74, 6) is -0.428. The summed E-state index contributed by atoms with van der Waals surface area (Å²) in [4.78, 5) is 24.8. The summed E-state index contributed by atoms with van der Waals surface area (Å²) < 4.78 is 4.78. The molecule has 1 unspecified atom stereocenters. The monoisotopic (exact) mass is 233 g/mol. The first-order chi connectivity index (χ1) is 8.24. The first kappa shape index (κ1) is 11.6. The average molecular weight is 233 g/mol. The Balaban J connectivity index is 2.19. The Bertz CT molecular complexity index is 416. The van der Waals surface area contributed by atoms with Crippen LogP contribution >= 0.6 is 0 Å². The van der Waals surface area contributed by atoms with Crippen molar-refractivity contribution in [1.82, 2.24) is 4.90 Å². The highest BCUT2D eigenvalue weighted by Crippen LogP contribution is 2.23. The lowest BCUT2D eigenvalue weighted by molar-refractivity contribution is -0.129. The van der Waals surface area contributed by atoms with Crippen LogP contribution in [0.4, 0.5) is 4.79 Å². The zero-order valence-electron chi connectivity index (χ0n) is 9.76. The van der Waals surface area contributed by atoms with Crippen molar-refractivity contribution in [3.63, 3.8) is 0 Å². The number of benzene rings is 1. The summed E-state index contributed by atoms with van der Waals surface area (Å²) in [5, 5.41) is 0. The molecule has 2 amide bonds. The molecular formula is C13H15NO3. The van der Waals surface area contributed by atoms with E-state index in [1.165, 1.54) is 4.90 Å². The van der Waals surface area contributed by atoms with Crippen LogP contribution in [0.1, 0.15) is 24.8 Å². The number of nitrogens with zero attached hydrogens (tertiary/aromatic N) is 1. The Kier molecular flexibility index (Phi) is 3.42. The van der Waals surface area contributed by atoms with Gasteiger partial charge < -0.3 is 4.74 Å². The Morgan fingerprint density at radius 1 is 1.41 bits per heavy atom. The number of rotatable bonds is 3. The molecule has 4 heteroatoms. The molecule has 1 fully saturated rings. The Morgan fingerprint density at radius 2 is 2.12 bits per heavy atom. The standard InChI is InChI=1S/C13H15NO3/c1-2-11(10-6-4-3-5-7-10)12(15)14-8-9-17-13(14)16/h3-7,11H,2,8-9H2,1H3. The van der Waals surface area contributed by atoms with Crippen LogP contribution in [-0.2, 0) is 9.53 Å². The van der Waals surface area contributed by atoms with Crippen molar-refractivity contribution in [2.75, 3.05) is 13.2 Å². The number of imide groups is 1. The van der Waals surface area contributed by atoms with Crippen molar-refractivity contribution in [2.24, 2.45) is 0 Å². The molecule has 0 bridgehead atoms. The molecule has 90 valence electrons. The second kappa shape index (κ2) is 4.99. The number of carbonyl (C=O) groups excluding carboxylic acids is 2. The van der Waals surface area contributed by atoms with Gasteiger partial charge in [-0.25, -0.2) is 9.69 Å². The number of carbonyl (C=O) groups is 2. The smallest absolute Gasteiger partial charge is 0.416 e. The van der Waals surface area contributed by atoms with Crippen molar-refractivity contribution < 1.29 is 14.3 Å². The number of cyclic esters (lactones) is 1. The van der Waals surface area contributed by atoms with Gasteiger partial charge in [-0.1, -0.05) is 37.3 Å². The third kappa shape index (κ3) is 2.30. The molecule has 1 aliphatic heterocycles. The van der Waals surface area contributed by atoms with Crippen LogP contribution in [0.5, 0.6) is 0 Å². The van der Waals surface area contributed by atoms with Crippen LogP contribution in [0.15, 0.2) is 30.3 Å². The predicted octanol–water partition coefficient (Wildman–Crippen LogP) is 2.16. The minimum absolute atomic E-state index is 0.166. The van der Waals surface area contributed by atoms with Gasteiger partial charge in [0.05, 0.1) is 12.5 Å². The molecular weight excluding hydrogens is 218 g/mol. The molecule has 0 aliphatic carbocycles. The van der Waals surface area contributed by atoms with Crippen LogP contribution in [-0.4, -0.2) is 30.1 Å². The van der Waals surface area contributed by atoms with Crippen LogP contribution in [0.2, 0.25) is 0 Å². The molecule has 0 aromatic heterocycles. The zero-order chi connectivity index (χ0) is 12.3. The van der Waals surface area contributed by atoms with E-state index in [-0.39, 0.29) is 11.8 Å². The molecule has 0 spiro atoms. The van der Waals surface area contributed by atoms with Gasteiger partial charge >= 0.3 is 6.09 Å². The topological polar surface area (TPSA) is 46.6 Å². The minimum atomic E-state index is -0.524. The van der Waals surface area contributed by atoms with E-state index < -0.39 is 6.09 Å². The quantitative estimate of drug-likeness (QED) is 0.803. The lowest BCUT2D eigenvalue weighted by Gasteiger charge is -2.19. The summed E-state index contributed by atoms with van der Waals surface area (Å²) >= 11 is 0. The van der Waals surface area contributed by atoms with Crippen molar-refractivity contribution >= 4 is 12.0 Å². The first-order valence-electron chi connectivity index (χ1n) is 5.77. The van der Waals surface area contributed by atoms with Crippen LogP contribution in [0, 0.1) is 0 Å². The van der Waals surface area contributed by atoms with Gasteiger partial charge in [-0.05, 0) is 12.0 Å². The van der Waals surface area contributed by atoms with E-state index in [4.69, 9.17) is 4.74 Å². The van der Waals surface area contributed by atoms with Crippen molar-refractivity contribution in [1.29, 1.82) is 0 Å². The molecule has 0 radical (unpaired) electrons. The molecule has 1 atom stereocenters. The third-order valence-electron chi connectivity index (χ3n) is 2.94. The summed E-state index contributed by atoms with van der Waals surface area (Å²) in [6.07, 6.45) is 0.150. The lowest BCUT2D eigenvalue weighted by Crippen LogP contribution is -2.35. The first-order valence-corrected chi connectivity index (χ1v) is 5.77. The molecule has 1 heterocycles. The normalized spacial score (nSPS) is 16.8. The fraction of sp³-hybridized carbons (Fsp3) is 0.385. The van der Waals surface area contributed by atoms with Gasteiger partial charge in [-0.3, -0.25) is 4.79 Å². The lowest BCUT2D eigenvalue weighted by atomic mass is 9.95. The Hall–Kier alpha value is -1.84. The van der Waals surface area contributed by atoms with Gasteiger partial charge in [0.25, 0.3) is 0 Å². The maximum absolute atomic E-state index is 12.2. The van der Waals surface area contributed by atoms with Crippen LogP contribution < -0.4 is 0 Å². The second-order valence-corrected chi connectivity index (χ2v) is 3.98. The number of ether oxygens (including phenoxy) is 1. The van der Waals surface area contributed by atoms with E-state index in [0.717, 1.165) is 5.56 Å². The molecule has 1 aliphatic rings. The zero-order valence-corrected chi connectivity index (χ0v) is 9.76. The van der Waals surface area contributed by atoms with Gasteiger partial charge in [0.15, 0.2) is 0 Å². The third-order valence-corrected chi connectivity index (χ3v) is 2.94. The van der Waals surface area contributed by atoms with Gasteiger partial charge in [0, 0.05) is 0 Å². The molecule has 0 N–H and O–H groups in total. The highest BCUT2D eigenvalue weighted by atomic mass is 16.6. The Labute approximate surface area is 100 Å². The maximum Gasteiger partial charge on any atom is 0.416 e. The number of hydrogen-bond donors (Lipinski definition) is 0. The van der Waals surface area contributed by atoms with Gasteiger partial charge in [0.2, 0.25) is 5.91 Å². The summed E-state index contributed by atoms with van der Waals surface area (Å²) in [5.41, 5.74) is 0.944. The maximum atomic E-state index is 12.2. The van der Waals surface area contributed by atoms with E-state index in [1.807, 2.05) is 37.3 Å². The van der Waals surface area contributed by atoms with Gasteiger partial charge in [-0.15, -0.1) is 0 Å². The molecule has 4 nitrogen and oxygen atoms in total. The van der Waals surface area contributed by atoms with E-state index in [2.05, 4.69) is 0 Å². The van der Waals surface area contributed by atoms with Crippen LogP contribution in [0.3, 0.4) is 0 Å². The van der Waals surface area contributed by atoms with E-state index >= 15 is 0 Å². The molecule has 0 saturated carbocycles. The van der Waals surface area contributed by atoms with Gasteiger partial charge in [-0.2, -0.15) is 0 Å². The summed E-state index contributed by atoms with van der Waals surface area (Å²) in [7, 11) is 0. The highest BCUT2D eigenvalue weighted by molar-refractivity contribution is 5.96. The van der Waals surface area contributed by atoms with Crippen LogP contribution in [0.25, 0.3) is 0 Å². The van der Waals surface area contributed by atoms with E-state index in [1.54, 1.807) is 0 Å². The molecule has 1 aromatic rings. The minimum Gasteiger partial charge on any atom is -0.447 e. The highest BCUT2D eigenvalue weighted by Gasteiger charge is 2.33. The average Bonchev–Trinajstić information content (AvgIpc) is 2.77.